The molecule has 0 aromatic carbocycles. The molecule has 0 spiro atoms. The Bertz CT molecular complexity index is 423. The lowest BCUT2D eigenvalue weighted by Gasteiger charge is -2.09. The number of amides is 2. The Kier molecular flexibility index (Phi) is 2.96. The van der Waals surface area contributed by atoms with Crippen LogP contribution < -0.4 is 11.1 Å². The molecule has 1 fully saturated rings. The van der Waals surface area contributed by atoms with Crippen LogP contribution in [0.25, 0.3) is 0 Å². The first-order chi connectivity index (χ1) is 7.59. The lowest BCUT2D eigenvalue weighted by molar-refractivity contribution is -0.119. The standard InChI is InChI=1S/C11H14N2O2S/c1-6(10(12)14)13-11(15)9-8(4-5-16-9)7-2-3-7/h4-7H,2-3H2,1H3,(H2,12,14)(H,13,15). The SMILES string of the molecule is CC(NC(=O)c1sccc1C1CC1)C(N)=O. The van der Waals surface area contributed by atoms with Crippen LogP contribution in [0.3, 0.4) is 0 Å². The van der Waals surface area contributed by atoms with E-state index >= 15 is 0 Å². The maximum Gasteiger partial charge on any atom is 0.262 e. The zero-order valence-electron chi connectivity index (χ0n) is 9.03. The van der Waals surface area contributed by atoms with Gasteiger partial charge in [0, 0.05) is 0 Å². The van der Waals surface area contributed by atoms with Crippen molar-refractivity contribution in [3.63, 3.8) is 0 Å². The number of primary amides is 1. The minimum atomic E-state index is -0.623. The first kappa shape index (κ1) is 11.1. The van der Waals surface area contributed by atoms with Crippen molar-refractivity contribution in [1.29, 1.82) is 0 Å². The van der Waals surface area contributed by atoms with E-state index in [2.05, 4.69) is 5.32 Å². The average Bonchev–Trinajstić information content (AvgIpc) is 2.95. The van der Waals surface area contributed by atoms with Crippen molar-refractivity contribution in [2.24, 2.45) is 5.73 Å². The van der Waals surface area contributed by atoms with E-state index in [0.29, 0.717) is 5.92 Å². The molecule has 16 heavy (non-hydrogen) atoms. The second-order valence-corrected chi connectivity index (χ2v) is 4.99. The number of rotatable bonds is 4. The molecule has 1 saturated carbocycles. The Morgan fingerprint density at radius 3 is 2.81 bits per heavy atom. The zero-order valence-corrected chi connectivity index (χ0v) is 9.84. The minimum Gasteiger partial charge on any atom is -0.368 e. The van der Waals surface area contributed by atoms with E-state index in [9.17, 15) is 9.59 Å². The lowest BCUT2D eigenvalue weighted by Crippen LogP contribution is -2.42. The first-order valence-corrected chi connectivity index (χ1v) is 6.15. The van der Waals surface area contributed by atoms with Crippen molar-refractivity contribution >= 4 is 23.2 Å². The third kappa shape index (κ3) is 2.24. The Morgan fingerprint density at radius 1 is 1.56 bits per heavy atom. The van der Waals surface area contributed by atoms with Crippen molar-refractivity contribution in [3.05, 3.63) is 21.9 Å². The molecule has 3 N–H and O–H groups in total. The van der Waals surface area contributed by atoms with Crippen molar-refractivity contribution in [3.8, 4) is 0 Å². The number of nitrogens with one attached hydrogen (secondary N) is 1. The van der Waals surface area contributed by atoms with E-state index in [1.54, 1.807) is 6.92 Å². The largest absolute Gasteiger partial charge is 0.368 e. The van der Waals surface area contributed by atoms with Gasteiger partial charge >= 0.3 is 0 Å². The van der Waals surface area contributed by atoms with Crippen molar-refractivity contribution in [1.82, 2.24) is 5.32 Å². The maximum absolute atomic E-state index is 11.9. The van der Waals surface area contributed by atoms with Crippen LogP contribution in [0.15, 0.2) is 11.4 Å². The zero-order chi connectivity index (χ0) is 11.7. The Hall–Kier alpha value is -1.36. The van der Waals surface area contributed by atoms with Crippen LogP contribution in [0.2, 0.25) is 0 Å². The van der Waals surface area contributed by atoms with E-state index in [0.717, 1.165) is 23.3 Å². The fraction of sp³-hybridized carbons (Fsp3) is 0.455. The van der Waals surface area contributed by atoms with Gasteiger partial charge in [-0.15, -0.1) is 11.3 Å². The van der Waals surface area contributed by atoms with Crippen molar-refractivity contribution < 1.29 is 9.59 Å². The topological polar surface area (TPSA) is 72.2 Å². The third-order valence-corrected chi connectivity index (χ3v) is 3.62. The van der Waals surface area contributed by atoms with Crippen molar-refractivity contribution in [2.75, 3.05) is 0 Å². The van der Waals surface area contributed by atoms with Crippen LogP contribution in [-0.2, 0) is 4.79 Å². The van der Waals surface area contributed by atoms with Gasteiger partial charge in [0.05, 0.1) is 4.88 Å². The normalized spacial score (nSPS) is 16.8. The predicted octanol–water partition coefficient (Wildman–Crippen LogP) is 1.23. The molecule has 5 heteroatoms. The van der Waals surface area contributed by atoms with Gasteiger partial charge in [0.2, 0.25) is 5.91 Å². The van der Waals surface area contributed by atoms with E-state index < -0.39 is 11.9 Å². The smallest absolute Gasteiger partial charge is 0.262 e. The summed E-state index contributed by atoms with van der Waals surface area (Å²) in [7, 11) is 0. The molecule has 4 nitrogen and oxygen atoms in total. The maximum atomic E-state index is 11.9. The second-order valence-electron chi connectivity index (χ2n) is 4.08. The molecule has 1 aliphatic rings. The van der Waals surface area contributed by atoms with Crippen LogP contribution in [0.1, 0.15) is 40.9 Å². The molecule has 2 rings (SSSR count). The highest BCUT2D eigenvalue weighted by Crippen LogP contribution is 2.43. The highest BCUT2D eigenvalue weighted by molar-refractivity contribution is 7.12. The molecule has 86 valence electrons. The van der Waals surface area contributed by atoms with Gasteiger partial charge in [-0.1, -0.05) is 0 Å². The van der Waals surface area contributed by atoms with Gasteiger partial charge in [-0.2, -0.15) is 0 Å². The minimum absolute atomic E-state index is 0.191. The van der Waals surface area contributed by atoms with Gasteiger partial charge in [-0.3, -0.25) is 9.59 Å². The Morgan fingerprint density at radius 2 is 2.25 bits per heavy atom. The molecule has 0 bridgehead atoms. The number of thiophene rings is 1. The summed E-state index contributed by atoms with van der Waals surface area (Å²) in [5.74, 6) is -0.169. The summed E-state index contributed by atoms with van der Waals surface area (Å²) in [6, 6.07) is 1.37. The van der Waals surface area contributed by atoms with Gasteiger partial charge in [-0.05, 0) is 42.7 Å². The summed E-state index contributed by atoms with van der Waals surface area (Å²) >= 11 is 1.42. The number of hydrogen-bond acceptors (Lipinski definition) is 3. The quantitative estimate of drug-likeness (QED) is 0.828. The average molecular weight is 238 g/mol. The molecule has 0 radical (unpaired) electrons. The predicted molar refractivity (Wildman–Crippen MR) is 62.4 cm³/mol. The molecule has 2 amide bonds. The van der Waals surface area contributed by atoms with Gasteiger partial charge < -0.3 is 11.1 Å². The summed E-state index contributed by atoms with van der Waals surface area (Å²) in [5.41, 5.74) is 6.21. The van der Waals surface area contributed by atoms with E-state index in [1.807, 2.05) is 11.4 Å². The summed E-state index contributed by atoms with van der Waals surface area (Å²) in [5, 5.41) is 4.52. The summed E-state index contributed by atoms with van der Waals surface area (Å²) < 4.78 is 0. The van der Waals surface area contributed by atoms with E-state index in [-0.39, 0.29) is 5.91 Å². The summed E-state index contributed by atoms with van der Waals surface area (Å²) in [6.07, 6.45) is 2.31. The van der Waals surface area contributed by atoms with Crippen LogP contribution in [0, 0.1) is 0 Å². The molecule has 1 atom stereocenters. The highest BCUT2D eigenvalue weighted by Gasteiger charge is 2.29. The van der Waals surface area contributed by atoms with Gasteiger partial charge in [0.1, 0.15) is 6.04 Å². The molecule has 1 unspecified atom stereocenters. The number of carbonyl (C=O) groups excluding carboxylic acids is 2. The molecular weight excluding hydrogens is 224 g/mol. The van der Waals surface area contributed by atoms with Gasteiger partial charge in [-0.25, -0.2) is 0 Å². The van der Waals surface area contributed by atoms with E-state index in [4.69, 9.17) is 5.73 Å². The number of carbonyl (C=O) groups is 2. The highest BCUT2D eigenvalue weighted by atomic mass is 32.1. The monoisotopic (exact) mass is 238 g/mol. The summed E-state index contributed by atoms with van der Waals surface area (Å²) in [4.78, 5) is 23.4. The lowest BCUT2D eigenvalue weighted by atomic mass is 10.1. The van der Waals surface area contributed by atoms with Crippen LogP contribution in [0.4, 0.5) is 0 Å². The van der Waals surface area contributed by atoms with Gasteiger partial charge in [0.15, 0.2) is 0 Å². The van der Waals surface area contributed by atoms with Crippen LogP contribution in [-0.4, -0.2) is 17.9 Å². The molecule has 1 aromatic heterocycles. The molecule has 0 saturated heterocycles. The Labute approximate surface area is 97.8 Å². The van der Waals surface area contributed by atoms with Crippen LogP contribution in [0.5, 0.6) is 0 Å². The fourth-order valence-electron chi connectivity index (χ4n) is 1.55. The summed E-state index contributed by atoms with van der Waals surface area (Å²) in [6.45, 7) is 1.59. The molecule has 1 heterocycles. The fourth-order valence-corrected chi connectivity index (χ4v) is 2.44. The first-order valence-electron chi connectivity index (χ1n) is 5.27. The van der Waals surface area contributed by atoms with Crippen molar-refractivity contribution in [2.45, 2.75) is 31.7 Å². The Balaban J connectivity index is 2.08. The van der Waals surface area contributed by atoms with Crippen LogP contribution >= 0.6 is 11.3 Å². The molecule has 1 aromatic rings. The van der Waals surface area contributed by atoms with E-state index in [1.165, 1.54) is 11.3 Å². The van der Waals surface area contributed by atoms with Gasteiger partial charge in [0.25, 0.3) is 5.91 Å². The molecule has 0 aliphatic heterocycles. The number of hydrogen-bond donors (Lipinski definition) is 2. The number of nitrogens with two attached hydrogens (primary N) is 1. The third-order valence-electron chi connectivity index (χ3n) is 2.69. The molecule has 1 aliphatic carbocycles. The molecular formula is C11H14N2O2S. The second kappa shape index (κ2) is 4.25.